The topological polar surface area (TPSA) is 91.9 Å². The largest absolute Gasteiger partial charge is 0.464 e. The second-order valence-corrected chi connectivity index (χ2v) is 3.73. The summed E-state index contributed by atoms with van der Waals surface area (Å²) in [5, 5.41) is 9.19. The molecule has 5 heteroatoms. The van der Waals surface area contributed by atoms with Crippen LogP contribution in [0.1, 0.15) is 5.56 Å². The number of aromatic amines is 1. The van der Waals surface area contributed by atoms with E-state index in [-0.39, 0.29) is 0 Å². The van der Waals surface area contributed by atoms with Crippen molar-refractivity contribution in [3.63, 3.8) is 0 Å². The highest BCUT2D eigenvalue weighted by Crippen LogP contribution is 2.37. The van der Waals surface area contributed by atoms with Gasteiger partial charge < -0.3 is 19.6 Å². The van der Waals surface area contributed by atoms with Crippen LogP contribution in [-0.4, -0.2) is 4.98 Å². The molecule has 0 spiro atoms. The van der Waals surface area contributed by atoms with Crippen LogP contribution in [0.5, 0.6) is 0 Å². The van der Waals surface area contributed by atoms with Gasteiger partial charge in [-0.2, -0.15) is 5.26 Å². The smallest absolute Gasteiger partial charge is 0.150 e. The Morgan fingerprint density at radius 2 is 1.78 bits per heavy atom. The molecule has 0 aliphatic heterocycles. The number of nitriles is 1. The van der Waals surface area contributed by atoms with Gasteiger partial charge in [-0.15, -0.1) is 0 Å². The summed E-state index contributed by atoms with van der Waals surface area (Å²) < 4.78 is 10.7. The SMILES string of the molecule is N#Cc1c(N)[nH]c(-c2ccco2)c1-c1ccco1. The molecule has 5 nitrogen and oxygen atoms in total. The lowest BCUT2D eigenvalue weighted by Gasteiger charge is -1.98. The number of furan rings is 2. The van der Waals surface area contributed by atoms with Gasteiger partial charge in [-0.3, -0.25) is 0 Å². The van der Waals surface area contributed by atoms with Crippen molar-refractivity contribution < 1.29 is 8.83 Å². The number of H-pyrrole nitrogens is 1. The quantitative estimate of drug-likeness (QED) is 0.719. The molecule has 0 saturated carbocycles. The highest BCUT2D eigenvalue weighted by Gasteiger charge is 2.21. The minimum absolute atomic E-state index is 0.301. The number of nitrogens with zero attached hydrogens (tertiary/aromatic N) is 1. The van der Waals surface area contributed by atoms with Gasteiger partial charge in [0.15, 0.2) is 5.76 Å². The van der Waals surface area contributed by atoms with Crippen LogP contribution in [-0.2, 0) is 0 Å². The lowest BCUT2D eigenvalue weighted by atomic mass is 10.1. The van der Waals surface area contributed by atoms with Crippen LogP contribution in [0.3, 0.4) is 0 Å². The second-order valence-electron chi connectivity index (χ2n) is 3.73. The first kappa shape index (κ1) is 10.3. The summed E-state index contributed by atoms with van der Waals surface area (Å²) in [6.45, 7) is 0. The van der Waals surface area contributed by atoms with E-state index in [4.69, 9.17) is 14.6 Å². The van der Waals surface area contributed by atoms with E-state index in [2.05, 4.69) is 11.1 Å². The zero-order valence-electron chi connectivity index (χ0n) is 9.31. The second kappa shape index (κ2) is 3.86. The fourth-order valence-corrected chi connectivity index (χ4v) is 1.91. The van der Waals surface area contributed by atoms with Gasteiger partial charge in [0, 0.05) is 0 Å². The normalized spacial score (nSPS) is 10.4. The van der Waals surface area contributed by atoms with Gasteiger partial charge in [0.25, 0.3) is 0 Å². The summed E-state index contributed by atoms with van der Waals surface area (Å²) in [6, 6.07) is 9.16. The summed E-state index contributed by atoms with van der Waals surface area (Å²) in [6.07, 6.45) is 3.11. The van der Waals surface area contributed by atoms with E-state index in [9.17, 15) is 5.26 Å². The summed E-state index contributed by atoms with van der Waals surface area (Å²) >= 11 is 0. The van der Waals surface area contributed by atoms with Crippen LogP contribution in [0, 0.1) is 11.3 Å². The van der Waals surface area contributed by atoms with Crippen molar-refractivity contribution in [2.75, 3.05) is 5.73 Å². The van der Waals surface area contributed by atoms with Gasteiger partial charge in [-0.1, -0.05) is 0 Å². The first-order chi connectivity index (χ1) is 8.81. The predicted octanol–water partition coefficient (Wildman–Crippen LogP) is 2.99. The average molecular weight is 239 g/mol. The lowest BCUT2D eigenvalue weighted by molar-refractivity contribution is 0.574. The maximum atomic E-state index is 9.19. The third-order valence-corrected chi connectivity index (χ3v) is 2.68. The molecule has 0 aliphatic rings. The van der Waals surface area contributed by atoms with E-state index in [1.165, 1.54) is 0 Å². The van der Waals surface area contributed by atoms with Gasteiger partial charge in [-0.25, -0.2) is 0 Å². The maximum absolute atomic E-state index is 9.19. The first-order valence-electron chi connectivity index (χ1n) is 5.30. The molecule has 3 heterocycles. The Kier molecular flexibility index (Phi) is 2.21. The summed E-state index contributed by atoms with van der Waals surface area (Å²) in [5.41, 5.74) is 7.42. The van der Waals surface area contributed by atoms with Crippen molar-refractivity contribution >= 4 is 5.82 Å². The number of nitrogen functional groups attached to an aromatic ring is 1. The highest BCUT2D eigenvalue weighted by molar-refractivity contribution is 5.86. The molecule has 0 aliphatic carbocycles. The van der Waals surface area contributed by atoms with Crippen LogP contribution < -0.4 is 5.73 Å². The van der Waals surface area contributed by atoms with Crippen molar-refractivity contribution in [3.8, 4) is 28.8 Å². The number of nitrogens with one attached hydrogen (secondary N) is 1. The monoisotopic (exact) mass is 239 g/mol. The van der Waals surface area contributed by atoms with Crippen LogP contribution in [0.4, 0.5) is 5.82 Å². The number of aromatic nitrogens is 1. The van der Waals surface area contributed by atoms with E-state index in [0.717, 1.165) is 0 Å². The predicted molar refractivity (Wildman–Crippen MR) is 65.3 cm³/mol. The molecule has 0 bridgehead atoms. The molecule has 3 aromatic heterocycles. The Balaban J connectivity index is 2.31. The molecular formula is C13H9N3O2. The Morgan fingerprint density at radius 1 is 1.11 bits per heavy atom. The summed E-state index contributed by atoms with van der Waals surface area (Å²) in [4.78, 5) is 2.96. The van der Waals surface area contributed by atoms with Crippen molar-refractivity contribution in [1.29, 1.82) is 5.26 Å². The van der Waals surface area contributed by atoms with Crippen molar-refractivity contribution in [3.05, 3.63) is 42.4 Å². The van der Waals surface area contributed by atoms with Gasteiger partial charge in [0.2, 0.25) is 0 Å². The summed E-state index contributed by atoms with van der Waals surface area (Å²) in [7, 11) is 0. The van der Waals surface area contributed by atoms with E-state index < -0.39 is 0 Å². The fraction of sp³-hybridized carbons (Fsp3) is 0. The highest BCUT2D eigenvalue weighted by atomic mass is 16.3. The molecule has 0 amide bonds. The summed E-state index contributed by atoms with van der Waals surface area (Å²) in [5.74, 6) is 1.48. The van der Waals surface area contributed by atoms with Crippen LogP contribution in [0.15, 0.2) is 45.6 Å². The van der Waals surface area contributed by atoms with Gasteiger partial charge in [0.05, 0.1) is 23.8 Å². The van der Waals surface area contributed by atoms with Crippen molar-refractivity contribution in [2.24, 2.45) is 0 Å². The van der Waals surface area contributed by atoms with E-state index in [1.807, 2.05) is 0 Å². The average Bonchev–Trinajstić information content (AvgIpc) is 3.08. The number of hydrogen-bond acceptors (Lipinski definition) is 4. The molecule has 0 radical (unpaired) electrons. The zero-order valence-corrected chi connectivity index (χ0v) is 9.31. The fourth-order valence-electron chi connectivity index (χ4n) is 1.91. The molecule has 0 fully saturated rings. The molecule has 3 aromatic rings. The molecule has 0 atom stereocenters. The molecule has 3 N–H and O–H groups in total. The Bertz CT molecular complexity index is 700. The van der Waals surface area contributed by atoms with E-state index >= 15 is 0 Å². The maximum Gasteiger partial charge on any atom is 0.150 e. The molecule has 0 aromatic carbocycles. The van der Waals surface area contributed by atoms with Crippen LogP contribution in [0.2, 0.25) is 0 Å². The minimum atomic E-state index is 0.301. The molecule has 0 saturated heterocycles. The third kappa shape index (κ3) is 1.40. The Morgan fingerprint density at radius 3 is 2.33 bits per heavy atom. The van der Waals surface area contributed by atoms with Crippen molar-refractivity contribution in [2.45, 2.75) is 0 Å². The van der Waals surface area contributed by atoms with Gasteiger partial charge in [0.1, 0.15) is 23.2 Å². The number of hydrogen-bond donors (Lipinski definition) is 2. The lowest BCUT2D eigenvalue weighted by Crippen LogP contribution is -1.87. The van der Waals surface area contributed by atoms with Crippen molar-refractivity contribution in [1.82, 2.24) is 4.98 Å². The van der Waals surface area contributed by atoms with E-state index in [1.54, 1.807) is 36.8 Å². The molecule has 3 rings (SSSR count). The minimum Gasteiger partial charge on any atom is -0.464 e. The van der Waals surface area contributed by atoms with E-state index in [0.29, 0.717) is 34.2 Å². The van der Waals surface area contributed by atoms with Crippen LogP contribution >= 0.6 is 0 Å². The van der Waals surface area contributed by atoms with Crippen LogP contribution in [0.25, 0.3) is 22.8 Å². The van der Waals surface area contributed by atoms with Gasteiger partial charge in [-0.05, 0) is 24.3 Å². The standard InChI is InChI=1S/C13H9N3O2/c14-7-8-11(9-3-1-5-17-9)12(16-13(8)15)10-4-2-6-18-10/h1-6,16H,15H2. The molecule has 88 valence electrons. The Labute approximate surface area is 102 Å². The molecular weight excluding hydrogens is 230 g/mol. The number of rotatable bonds is 2. The number of nitrogens with two attached hydrogens (primary N) is 1. The third-order valence-electron chi connectivity index (χ3n) is 2.68. The zero-order chi connectivity index (χ0) is 12.5. The first-order valence-corrected chi connectivity index (χ1v) is 5.30. The van der Waals surface area contributed by atoms with Gasteiger partial charge >= 0.3 is 0 Å². The number of anilines is 1. The Hall–Kier alpha value is -2.87. The molecule has 18 heavy (non-hydrogen) atoms. The molecule has 0 unspecified atom stereocenters.